The first kappa shape index (κ1) is 15.0. The van der Waals surface area contributed by atoms with Crippen LogP contribution < -0.4 is 10.5 Å². The first-order valence-electron chi connectivity index (χ1n) is 6.14. The van der Waals surface area contributed by atoms with Crippen LogP contribution in [0.5, 0.6) is 0 Å². The van der Waals surface area contributed by atoms with E-state index in [4.69, 9.17) is 5.73 Å². The quantitative estimate of drug-likeness (QED) is 0.806. The molecule has 3 N–H and O–H groups in total. The number of benzene rings is 1. The molecule has 0 spiro atoms. The summed E-state index contributed by atoms with van der Waals surface area (Å²) in [7, 11) is -3.53. The van der Waals surface area contributed by atoms with Crippen LogP contribution in [-0.4, -0.2) is 14.0 Å². The van der Waals surface area contributed by atoms with E-state index in [0.717, 1.165) is 12.0 Å². The van der Waals surface area contributed by atoms with Gasteiger partial charge in [-0.3, -0.25) is 0 Å². The van der Waals surface area contributed by atoms with Gasteiger partial charge in [-0.05, 0) is 44.4 Å². The van der Waals surface area contributed by atoms with Crippen molar-refractivity contribution in [3.05, 3.63) is 23.8 Å². The highest BCUT2D eigenvalue weighted by Crippen LogP contribution is 2.22. The molecule has 0 radical (unpaired) electrons. The summed E-state index contributed by atoms with van der Waals surface area (Å²) in [5.74, 6) is 0. The first-order chi connectivity index (χ1) is 8.22. The van der Waals surface area contributed by atoms with Crippen molar-refractivity contribution in [2.75, 3.05) is 5.73 Å². The summed E-state index contributed by atoms with van der Waals surface area (Å²) >= 11 is 0. The van der Waals surface area contributed by atoms with Crippen molar-refractivity contribution in [2.45, 2.75) is 51.0 Å². The van der Waals surface area contributed by atoms with Crippen molar-refractivity contribution in [2.24, 2.45) is 0 Å². The lowest BCUT2D eigenvalue weighted by Gasteiger charge is -2.25. The van der Waals surface area contributed by atoms with Crippen LogP contribution in [0.25, 0.3) is 0 Å². The Morgan fingerprint density at radius 3 is 2.39 bits per heavy atom. The molecule has 102 valence electrons. The highest BCUT2D eigenvalue weighted by molar-refractivity contribution is 7.89. The van der Waals surface area contributed by atoms with Gasteiger partial charge in [0, 0.05) is 11.2 Å². The fourth-order valence-corrected chi connectivity index (χ4v) is 3.43. The molecule has 0 saturated heterocycles. The molecule has 0 aliphatic heterocycles. The Morgan fingerprint density at radius 2 is 1.89 bits per heavy atom. The standard InChI is InChI=1S/C13H22N2O2S/c1-5-10-7-8-11(14)9-12(10)18(16,17)15-13(3,4)6-2/h7-9,15H,5-6,14H2,1-4H3. The summed E-state index contributed by atoms with van der Waals surface area (Å²) in [6.45, 7) is 7.60. The molecule has 5 heteroatoms. The number of aryl methyl sites for hydroxylation is 1. The fraction of sp³-hybridized carbons (Fsp3) is 0.538. The minimum Gasteiger partial charge on any atom is -0.399 e. The topological polar surface area (TPSA) is 72.2 Å². The van der Waals surface area contributed by atoms with Crippen molar-refractivity contribution in [3.8, 4) is 0 Å². The average molecular weight is 270 g/mol. The van der Waals surface area contributed by atoms with Gasteiger partial charge in [0.05, 0.1) is 4.90 Å². The van der Waals surface area contributed by atoms with Crippen LogP contribution in [0.2, 0.25) is 0 Å². The van der Waals surface area contributed by atoms with Gasteiger partial charge in [0.15, 0.2) is 0 Å². The number of sulfonamides is 1. The van der Waals surface area contributed by atoms with Crippen LogP contribution in [0.3, 0.4) is 0 Å². The number of rotatable bonds is 5. The Hall–Kier alpha value is -1.07. The lowest BCUT2D eigenvalue weighted by Crippen LogP contribution is -2.42. The van der Waals surface area contributed by atoms with Gasteiger partial charge >= 0.3 is 0 Å². The molecule has 1 rings (SSSR count). The Morgan fingerprint density at radius 1 is 1.28 bits per heavy atom. The molecule has 0 amide bonds. The van der Waals surface area contributed by atoms with E-state index in [1.165, 1.54) is 6.07 Å². The second-order valence-electron chi connectivity index (χ2n) is 5.06. The van der Waals surface area contributed by atoms with E-state index in [9.17, 15) is 8.42 Å². The third kappa shape index (κ3) is 3.46. The number of nitrogens with two attached hydrogens (primary N) is 1. The van der Waals surface area contributed by atoms with E-state index in [2.05, 4.69) is 4.72 Å². The molecule has 4 nitrogen and oxygen atoms in total. The Labute approximate surface area is 110 Å². The van der Waals surface area contributed by atoms with E-state index >= 15 is 0 Å². The van der Waals surface area contributed by atoms with Gasteiger partial charge in [-0.1, -0.05) is 19.9 Å². The Kier molecular flexibility index (Phi) is 4.40. The van der Waals surface area contributed by atoms with Crippen LogP contribution in [-0.2, 0) is 16.4 Å². The molecule has 0 fully saturated rings. The maximum absolute atomic E-state index is 12.4. The predicted octanol–water partition coefficient (Wildman–Crippen LogP) is 2.30. The molecular formula is C13H22N2O2S. The zero-order valence-corrected chi connectivity index (χ0v) is 12.3. The number of nitrogens with one attached hydrogen (secondary N) is 1. The summed E-state index contributed by atoms with van der Waals surface area (Å²) < 4.78 is 27.5. The third-order valence-corrected chi connectivity index (χ3v) is 4.84. The summed E-state index contributed by atoms with van der Waals surface area (Å²) in [4.78, 5) is 0.284. The zero-order valence-electron chi connectivity index (χ0n) is 11.4. The number of hydrogen-bond donors (Lipinski definition) is 2. The minimum atomic E-state index is -3.53. The smallest absolute Gasteiger partial charge is 0.241 e. The van der Waals surface area contributed by atoms with Crippen LogP contribution >= 0.6 is 0 Å². The van der Waals surface area contributed by atoms with Crippen molar-refractivity contribution >= 4 is 15.7 Å². The molecule has 1 aromatic carbocycles. The number of anilines is 1. The third-order valence-electron chi connectivity index (χ3n) is 3.06. The maximum Gasteiger partial charge on any atom is 0.241 e. The van der Waals surface area contributed by atoms with Gasteiger partial charge in [0.2, 0.25) is 10.0 Å². The Balaban J connectivity index is 3.24. The molecule has 0 aliphatic rings. The Bertz CT molecular complexity index is 522. The molecule has 1 aromatic rings. The summed E-state index contributed by atoms with van der Waals surface area (Å²) in [5.41, 5.74) is 6.46. The van der Waals surface area contributed by atoms with Crippen LogP contribution in [0, 0.1) is 0 Å². The molecular weight excluding hydrogens is 248 g/mol. The van der Waals surface area contributed by atoms with Crippen molar-refractivity contribution < 1.29 is 8.42 Å². The molecule has 0 aliphatic carbocycles. The largest absolute Gasteiger partial charge is 0.399 e. The van der Waals surface area contributed by atoms with Gasteiger partial charge in [-0.2, -0.15) is 0 Å². The van der Waals surface area contributed by atoms with Crippen LogP contribution in [0.1, 0.15) is 39.7 Å². The summed E-state index contributed by atoms with van der Waals surface area (Å²) in [6, 6.07) is 5.01. The SMILES string of the molecule is CCc1ccc(N)cc1S(=O)(=O)NC(C)(C)CC. The second-order valence-corrected chi connectivity index (χ2v) is 6.71. The summed E-state index contributed by atoms with van der Waals surface area (Å²) in [6.07, 6.45) is 1.37. The van der Waals surface area contributed by atoms with Crippen molar-refractivity contribution in [1.82, 2.24) is 4.72 Å². The molecule has 0 atom stereocenters. The zero-order chi connectivity index (χ0) is 14.0. The molecule has 0 heterocycles. The van der Waals surface area contributed by atoms with Crippen LogP contribution in [0.4, 0.5) is 5.69 Å². The van der Waals surface area contributed by atoms with E-state index in [0.29, 0.717) is 12.1 Å². The number of hydrogen-bond acceptors (Lipinski definition) is 3. The van der Waals surface area contributed by atoms with E-state index < -0.39 is 15.6 Å². The highest BCUT2D eigenvalue weighted by atomic mass is 32.2. The van der Waals surface area contributed by atoms with Crippen LogP contribution in [0.15, 0.2) is 23.1 Å². The minimum absolute atomic E-state index is 0.284. The number of nitrogen functional groups attached to an aromatic ring is 1. The lowest BCUT2D eigenvalue weighted by molar-refractivity contribution is 0.439. The molecule has 0 aromatic heterocycles. The maximum atomic E-state index is 12.4. The second kappa shape index (κ2) is 5.28. The average Bonchev–Trinajstić information content (AvgIpc) is 2.28. The van der Waals surface area contributed by atoms with Gasteiger partial charge in [-0.25, -0.2) is 13.1 Å². The lowest BCUT2D eigenvalue weighted by atomic mass is 10.0. The monoisotopic (exact) mass is 270 g/mol. The molecule has 0 bridgehead atoms. The molecule has 0 unspecified atom stereocenters. The normalized spacial score (nSPS) is 12.7. The molecule has 0 saturated carbocycles. The van der Waals surface area contributed by atoms with E-state index in [1.54, 1.807) is 12.1 Å². The first-order valence-corrected chi connectivity index (χ1v) is 7.62. The van der Waals surface area contributed by atoms with Gasteiger partial charge in [0.25, 0.3) is 0 Å². The van der Waals surface area contributed by atoms with E-state index in [1.807, 2.05) is 27.7 Å². The highest BCUT2D eigenvalue weighted by Gasteiger charge is 2.26. The van der Waals surface area contributed by atoms with Gasteiger partial charge < -0.3 is 5.73 Å². The molecule has 18 heavy (non-hydrogen) atoms. The fourth-order valence-electron chi connectivity index (χ4n) is 1.60. The van der Waals surface area contributed by atoms with Gasteiger partial charge in [-0.15, -0.1) is 0 Å². The van der Waals surface area contributed by atoms with Gasteiger partial charge in [0.1, 0.15) is 0 Å². The predicted molar refractivity (Wildman–Crippen MR) is 74.9 cm³/mol. The summed E-state index contributed by atoms with van der Waals surface area (Å²) in [5, 5.41) is 0. The van der Waals surface area contributed by atoms with E-state index in [-0.39, 0.29) is 4.90 Å². The van der Waals surface area contributed by atoms with Crippen molar-refractivity contribution in [1.29, 1.82) is 0 Å². The van der Waals surface area contributed by atoms with Crippen molar-refractivity contribution in [3.63, 3.8) is 0 Å².